The number of hydrogen-bond acceptors (Lipinski definition) is 2. The minimum atomic E-state index is -1.47. The van der Waals surface area contributed by atoms with Gasteiger partial charge >= 0.3 is 5.97 Å². The van der Waals surface area contributed by atoms with Crippen molar-refractivity contribution in [2.75, 3.05) is 0 Å². The fourth-order valence-corrected chi connectivity index (χ4v) is 5.39. The van der Waals surface area contributed by atoms with E-state index < -0.39 is 11.4 Å². The van der Waals surface area contributed by atoms with E-state index >= 15 is 0 Å². The van der Waals surface area contributed by atoms with Crippen molar-refractivity contribution in [3.63, 3.8) is 0 Å². The summed E-state index contributed by atoms with van der Waals surface area (Å²) < 4.78 is 2.17. The van der Waals surface area contributed by atoms with Crippen molar-refractivity contribution in [3.8, 4) is 0 Å². The number of benzene rings is 4. The number of hydrogen-bond donors (Lipinski definition) is 1. The van der Waals surface area contributed by atoms with Gasteiger partial charge in [0.2, 0.25) is 0 Å². The second-order valence-corrected chi connectivity index (χ2v) is 10.2. The third-order valence-electron chi connectivity index (χ3n) is 7.07. The Labute approximate surface area is 226 Å². The summed E-state index contributed by atoms with van der Waals surface area (Å²) in [6.07, 6.45) is 0. The molecule has 0 radical (unpaired) electrons. The molecule has 1 atom stereocenters. The number of nitrogens with zero attached hydrogens (tertiary/aromatic N) is 2. The smallest absolute Gasteiger partial charge is 0.323 e. The van der Waals surface area contributed by atoms with Crippen LogP contribution >= 0.6 is 23.2 Å². The van der Waals surface area contributed by atoms with E-state index in [2.05, 4.69) is 23.6 Å². The van der Waals surface area contributed by atoms with Crippen LogP contribution in [-0.2, 0) is 16.8 Å². The molecule has 0 aliphatic carbocycles. The van der Waals surface area contributed by atoms with Crippen LogP contribution in [0.15, 0.2) is 97.1 Å². The van der Waals surface area contributed by atoms with Crippen LogP contribution in [0.1, 0.15) is 40.9 Å². The summed E-state index contributed by atoms with van der Waals surface area (Å²) in [7, 11) is 0. The van der Waals surface area contributed by atoms with E-state index in [9.17, 15) is 9.90 Å². The molecule has 37 heavy (non-hydrogen) atoms. The maximum atomic E-state index is 13.3. The summed E-state index contributed by atoms with van der Waals surface area (Å²) >= 11 is 12.4. The van der Waals surface area contributed by atoms with Crippen molar-refractivity contribution < 1.29 is 9.90 Å². The summed E-state index contributed by atoms with van der Waals surface area (Å²) in [4.78, 5) is 18.1. The van der Waals surface area contributed by atoms with Crippen molar-refractivity contribution >= 4 is 40.2 Å². The Morgan fingerprint density at radius 2 is 1.41 bits per heavy atom. The van der Waals surface area contributed by atoms with Crippen LogP contribution in [0.4, 0.5) is 0 Å². The van der Waals surface area contributed by atoms with Gasteiger partial charge in [-0.2, -0.15) is 0 Å². The molecule has 1 unspecified atom stereocenters. The first-order chi connectivity index (χ1) is 17.8. The van der Waals surface area contributed by atoms with E-state index in [0.29, 0.717) is 26.7 Å². The predicted octanol–water partition coefficient (Wildman–Crippen LogP) is 7.87. The Balaban J connectivity index is 1.72. The number of aliphatic carboxylic acids is 1. The second-order valence-electron chi connectivity index (χ2n) is 9.35. The standard InChI is InChI=1S/C31H26Cl2N2O2/c1-20(22-6-4-3-5-7-22)19-35-21(2)34-28-17-12-25(18-29(28)35)31(30(36)37,23-8-13-26(32)14-9-23)24-10-15-27(33)16-11-24/h3-18,20H,19H2,1-2H3,(H,36,37). The van der Waals surface area contributed by atoms with Crippen LogP contribution in [-0.4, -0.2) is 20.6 Å². The monoisotopic (exact) mass is 528 g/mol. The van der Waals surface area contributed by atoms with Gasteiger partial charge in [-0.05, 0) is 71.5 Å². The van der Waals surface area contributed by atoms with Gasteiger partial charge in [0, 0.05) is 16.6 Å². The van der Waals surface area contributed by atoms with Crippen molar-refractivity contribution in [2.45, 2.75) is 31.7 Å². The van der Waals surface area contributed by atoms with E-state index in [1.165, 1.54) is 5.56 Å². The number of halogens is 2. The highest BCUT2D eigenvalue weighted by Gasteiger charge is 2.44. The highest BCUT2D eigenvalue weighted by atomic mass is 35.5. The van der Waals surface area contributed by atoms with Crippen molar-refractivity contribution in [1.29, 1.82) is 0 Å². The largest absolute Gasteiger partial charge is 0.480 e. The lowest BCUT2D eigenvalue weighted by atomic mass is 9.69. The zero-order chi connectivity index (χ0) is 26.2. The maximum Gasteiger partial charge on any atom is 0.323 e. The number of imidazole rings is 1. The molecule has 5 aromatic rings. The third kappa shape index (κ3) is 4.52. The number of aryl methyl sites for hydroxylation is 1. The number of aromatic nitrogens is 2. The van der Waals surface area contributed by atoms with Gasteiger partial charge in [-0.25, -0.2) is 4.98 Å². The third-order valence-corrected chi connectivity index (χ3v) is 7.58. The average molecular weight is 529 g/mol. The number of carbonyl (C=O) groups is 1. The molecule has 0 aliphatic heterocycles. The zero-order valence-electron chi connectivity index (χ0n) is 20.5. The molecular formula is C31H26Cl2N2O2. The molecule has 0 saturated heterocycles. The molecule has 186 valence electrons. The Bertz CT molecular complexity index is 1510. The molecule has 1 N–H and O–H groups in total. The molecule has 0 saturated carbocycles. The molecule has 0 amide bonds. The molecule has 1 aromatic heterocycles. The number of rotatable bonds is 7. The molecule has 4 nitrogen and oxygen atoms in total. The van der Waals surface area contributed by atoms with Gasteiger partial charge in [-0.1, -0.05) is 90.8 Å². The molecule has 0 aliphatic rings. The Hall–Kier alpha value is -3.60. The minimum absolute atomic E-state index is 0.248. The summed E-state index contributed by atoms with van der Waals surface area (Å²) in [5.74, 6) is 0.142. The summed E-state index contributed by atoms with van der Waals surface area (Å²) in [6.45, 7) is 4.89. The molecule has 6 heteroatoms. The molecular weight excluding hydrogens is 503 g/mol. The van der Waals surface area contributed by atoms with Gasteiger partial charge in [-0.15, -0.1) is 0 Å². The average Bonchev–Trinajstić information content (AvgIpc) is 3.21. The minimum Gasteiger partial charge on any atom is -0.480 e. The SMILES string of the molecule is Cc1nc2ccc(C(C(=O)O)(c3ccc(Cl)cc3)c3ccc(Cl)cc3)cc2n1CC(C)c1ccccc1. The van der Waals surface area contributed by atoms with Crippen molar-refractivity contribution in [1.82, 2.24) is 9.55 Å². The molecule has 5 rings (SSSR count). The van der Waals surface area contributed by atoms with Crippen LogP contribution in [0.5, 0.6) is 0 Å². The molecule has 0 fully saturated rings. The molecule has 0 bridgehead atoms. The lowest BCUT2D eigenvalue weighted by Gasteiger charge is -2.31. The summed E-state index contributed by atoms with van der Waals surface area (Å²) in [6, 6.07) is 30.1. The lowest BCUT2D eigenvalue weighted by molar-refractivity contribution is -0.140. The van der Waals surface area contributed by atoms with Gasteiger partial charge in [0.1, 0.15) is 11.2 Å². The van der Waals surface area contributed by atoms with E-state index in [1.807, 2.05) is 43.3 Å². The van der Waals surface area contributed by atoms with Gasteiger partial charge in [0.05, 0.1) is 11.0 Å². The Kier molecular flexibility index (Phi) is 6.80. The number of fused-ring (bicyclic) bond motifs is 1. The quantitative estimate of drug-likeness (QED) is 0.218. The first kappa shape index (κ1) is 25.1. The Morgan fingerprint density at radius 3 is 1.95 bits per heavy atom. The van der Waals surface area contributed by atoms with E-state index in [-0.39, 0.29) is 5.92 Å². The highest BCUT2D eigenvalue weighted by molar-refractivity contribution is 6.30. The predicted molar refractivity (Wildman–Crippen MR) is 150 cm³/mol. The molecule has 4 aromatic carbocycles. The van der Waals surface area contributed by atoms with Crippen LogP contribution in [0.2, 0.25) is 10.0 Å². The first-order valence-electron chi connectivity index (χ1n) is 12.1. The highest BCUT2D eigenvalue weighted by Crippen LogP contribution is 2.41. The second kappa shape index (κ2) is 10.0. The zero-order valence-corrected chi connectivity index (χ0v) is 22.0. The fraction of sp³-hybridized carbons (Fsp3) is 0.161. The van der Waals surface area contributed by atoms with Gasteiger partial charge in [0.15, 0.2) is 0 Å². The number of carboxylic acids is 1. The topological polar surface area (TPSA) is 55.1 Å². The van der Waals surface area contributed by atoms with E-state index in [1.54, 1.807) is 48.5 Å². The van der Waals surface area contributed by atoms with Crippen LogP contribution in [0, 0.1) is 6.92 Å². The molecule has 1 heterocycles. The normalized spacial score (nSPS) is 12.5. The Morgan fingerprint density at radius 1 is 0.865 bits per heavy atom. The number of carboxylic acid groups (broad SMARTS) is 1. The van der Waals surface area contributed by atoms with E-state index in [4.69, 9.17) is 28.2 Å². The van der Waals surface area contributed by atoms with Crippen molar-refractivity contribution in [2.24, 2.45) is 0 Å². The van der Waals surface area contributed by atoms with Gasteiger partial charge < -0.3 is 9.67 Å². The van der Waals surface area contributed by atoms with E-state index in [0.717, 1.165) is 23.4 Å². The van der Waals surface area contributed by atoms with Crippen LogP contribution < -0.4 is 0 Å². The van der Waals surface area contributed by atoms with Gasteiger partial charge in [-0.3, -0.25) is 4.79 Å². The van der Waals surface area contributed by atoms with Crippen molar-refractivity contribution in [3.05, 3.63) is 135 Å². The van der Waals surface area contributed by atoms with Crippen LogP contribution in [0.3, 0.4) is 0 Å². The fourth-order valence-electron chi connectivity index (χ4n) is 5.14. The lowest BCUT2D eigenvalue weighted by Crippen LogP contribution is -2.38. The maximum absolute atomic E-state index is 13.3. The van der Waals surface area contributed by atoms with Gasteiger partial charge in [0.25, 0.3) is 0 Å². The summed E-state index contributed by atoms with van der Waals surface area (Å²) in [5, 5.41) is 12.0. The van der Waals surface area contributed by atoms with Crippen LogP contribution in [0.25, 0.3) is 11.0 Å². The summed E-state index contributed by atoms with van der Waals surface area (Å²) in [5.41, 5.74) is 3.32. The first-order valence-corrected chi connectivity index (χ1v) is 12.8. The molecule has 0 spiro atoms.